The number of Topliss-reactive ketones (excluding diaryl/α,β-unsaturated/α-hetero) is 2. The van der Waals surface area contributed by atoms with Crippen LogP contribution in [0.5, 0.6) is 0 Å². The van der Waals surface area contributed by atoms with E-state index in [2.05, 4.69) is 27.7 Å². The van der Waals surface area contributed by atoms with Gasteiger partial charge in [0.2, 0.25) is 11.6 Å². The maximum Gasteiger partial charge on any atom is 0.205 e. The fourth-order valence-electron chi connectivity index (χ4n) is 9.79. The van der Waals surface area contributed by atoms with Gasteiger partial charge in [0.05, 0.1) is 18.8 Å². The Morgan fingerprint density at radius 1 is 1.00 bits per heavy atom. The maximum atomic E-state index is 14.0. The molecule has 2 saturated heterocycles. The molecular weight excluding hydrogens is 404 g/mol. The van der Waals surface area contributed by atoms with Gasteiger partial charge in [-0.25, -0.2) is 0 Å². The fraction of sp³-hybridized carbons (Fsp3) is 0.926. The van der Waals surface area contributed by atoms with E-state index in [1.807, 2.05) is 0 Å². The summed E-state index contributed by atoms with van der Waals surface area (Å²) in [4.78, 5) is 27.9. The Morgan fingerprint density at radius 2 is 1.78 bits per heavy atom. The Balaban J connectivity index is 1.34. The molecule has 3 unspecified atom stereocenters. The number of aliphatic hydroxyl groups excluding tert-OH is 1. The van der Waals surface area contributed by atoms with Crippen LogP contribution in [0.1, 0.15) is 79.1 Å². The minimum atomic E-state index is -0.629. The number of carbonyl (C=O) groups is 2. The van der Waals surface area contributed by atoms with Gasteiger partial charge in [0.1, 0.15) is 0 Å². The number of carbonyl (C=O) groups excluding carboxylic acids is 2. The molecule has 5 nitrogen and oxygen atoms in total. The zero-order valence-electron chi connectivity index (χ0n) is 20.1. The van der Waals surface area contributed by atoms with Gasteiger partial charge in [-0.1, -0.05) is 27.7 Å². The van der Waals surface area contributed by atoms with Crippen LogP contribution >= 0.6 is 0 Å². The normalized spacial score (nSPS) is 59.5. The van der Waals surface area contributed by atoms with Crippen molar-refractivity contribution < 1.29 is 24.2 Å². The molecule has 4 saturated carbocycles. The second kappa shape index (κ2) is 6.88. The first kappa shape index (κ1) is 21.7. The van der Waals surface area contributed by atoms with Gasteiger partial charge in [0, 0.05) is 29.6 Å². The number of ketones is 2. The number of fused-ring (bicyclic) bond motifs is 7. The highest BCUT2D eigenvalue weighted by atomic mass is 16.7. The van der Waals surface area contributed by atoms with Gasteiger partial charge in [-0.3, -0.25) is 9.59 Å². The molecule has 0 aromatic rings. The summed E-state index contributed by atoms with van der Waals surface area (Å²) in [5, 5.41) is 10.3. The minimum absolute atomic E-state index is 0.0163. The lowest BCUT2D eigenvalue weighted by Gasteiger charge is -2.59. The number of ether oxygens (including phenoxy) is 2. The third-order valence-electron chi connectivity index (χ3n) is 11.5. The minimum Gasteiger partial charge on any atom is -0.393 e. The van der Waals surface area contributed by atoms with E-state index < -0.39 is 11.2 Å². The largest absolute Gasteiger partial charge is 0.393 e. The van der Waals surface area contributed by atoms with E-state index in [0.717, 1.165) is 51.4 Å². The number of hydrogen-bond donors (Lipinski definition) is 1. The molecule has 6 fully saturated rings. The molecule has 12 atom stereocenters. The predicted molar refractivity (Wildman–Crippen MR) is 119 cm³/mol. The van der Waals surface area contributed by atoms with Crippen LogP contribution in [0.3, 0.4) is 0 Å². The van der Waals surface area contributed by atoms with Crippen molar-refractivity contribution in [3.05, 3.63) is 0 Å². The lowest BCUT2D eigenvalue weighted by atomic mass is 9.43. The van der Waals surface area contributed by atoms with Crippen LogP contribution in [0.25, 0.3) is 0 Å². The summed E-state index contributed by atoms with van der Waals surface area (Å²) >= 11 is 0. The van der Waals surface area contributed by atoms with Crippen molar-refractivity contribution in [3.8, 4) is 0 Å². The standard InChI is InChI=1S/C27H40O5/c1-14-7-10-27(31-13-14)15(2)21-20(32-27)12-19-18-6-5-16-11-17(28)8-9-25(16,3)22(18)23(29)24(30)26(19,21)4/h14-22,28H,5-13H2,1-4H3/t14?,15-,16?,17?,18-,19-,20-,21-,22+,25-,26-,27+/m0/s1. The first-order chi connectivity index (χ1) is 15.1. The first-order valence-electron chi connectivity index (χ1n) is 13.2. The molecule has 5 heteroatoms. The van der Waals surface area contributed by atoms with Crippen molar-refractivity contribution in [3.63, 3.8) is 0 Å². The van der Waals surface area contributed by atoms with Crippen LogP contribution in [0.4, 0.5) is 0 Å². The lowest BCUT2D eigenvalue weighted by molar-refractivity contribution is -0.272. The van der Waals surface area contributed by atoms with Crippen molar-refractivity contribution in [1.29, 1.82) is 0 Å². The number of aliphatic hydroxyl groups is 1. The van der Waals surface area contributed by atoms with Gasteiger partial charge in [-0.15, -0.1) is 0 Å². The topological polar surface area (TPSA) is 72.8 Å². The van der Waals surface area contributed by atoms with Crippen LogP contribution in [0, 0.1) is 52.3 Å². The molecule has 0 aromatic heterocycles. The Bertz CT molecular complexity index is 830. The molecule has 1 spiro atoms. The van der Waals surface area contributed by atoms with Crippen molar-refractivity contribution in [2.45, 2.75) is 97.1 Å². The summed E-state index contributed by atoms with van der Waals surface area (Å²) in [6, 6.07) is 0. The average Bonchev–Trinajstić information content (AvgIpc) is 3.20. The molecule has 0 amide bonds. The summed E-state index contributed by atoms with van der Waals surface area (Å²) < 4.78 is 13.1. The number of rotatable bonds is 0. The van der Waals surface area contributed by atoms with E-state index in [1.165, 1.54) is 0 Å². The molecule has 6 rings (SSSR count). The number of hydrogen-bond acceptors (Lipinski definition) is 5. The highest BCUT2D eigenvalue weighted by Gasteiger charge is 2.73. The fourth-order valence-corrected chi connectivity index (χ4v) is 9.79. The highest BCUT2D eigenvalue weighted by molar-refractivity contribution is 6.41. The van der Waals surface area contributed by atoms with E-state index in [1.54, 1.807) is 0 Å². The SMILES string of the molecule is CC1CC[C@@]2(OC1)O[C@H]1C[C@H]3[C@@H]4CCC5CC(O)CC[C@]5(C)[C@H]4C(=O)C(=O)[C@]3(C)[C@H]1[C@@H]2C. The maximum absolute atomic E-state index is 14.0. The molecule has 0 radical (unpaired) electrons. The molecule has 32 heavy (non-hydrogen) atoms. The highest BCUT2D eigenvalue weighted by Crippen LogP contribution is 2.69. The van der Waals surface area contributed by atoms with Crippen LogP contribution in [-0.4, -0.2) is 41.3 Å². The van der Waals surface area contributed by atoms with Crippen molar-refractivity contribution in [1.82, 2.24) is 0 Å². The van der Waals surface area contributed by atoms with Gasteiger partial charge >= 0.3 is 0 Å². The van der Waals surface area contributed by atoms with Gasteiger partial charge in [-0.05, 0) is 74.0 Å². The Labute approximate surface area is 192 Å². The van der Waals surface area contributed by atoms with Crippen molar-refractivity contribution >= 4 is 11.6 Å². The van der Waals surface area contributed by atoms with Gasteiger partial charge in [0.25, 0.3) is 0 Å². The van der Waals surface area contributed by atoms with Crippen LogP contribution in [0.15, 0.2) is 0 Å². The van der Waals surface area contributed by atoms with Crippen molar-refractivity contribution in [2.75, 3.05) is 6.61 Å². The first-order valence-corrected chi connectivity index (χ1v) is 13.2. The van der Waals surface area contributed by atoms with Gasteiger partial charge in [0.15, 0.2) is 5.79 Å². The van der Waals surface area contributed by atoms with E-state index >= 15 is 0 Å². The second-order valence-corrected chi connectivity index (χ2v) is 12.9. The Morgan fingerprint density at radius 3 is 2.50 bits per heavy atom. The zero-order chi connectivity index (χ0) is 22.6. The van der Waals surface area contributed by atoms with Gasteiger partial charge in [-0.2, -0.15) is 0 Å². The molecule has 2 heterocycles. The second-order valence-electron chi connectivity index (χ2n) is 12.9. The third-order valence-corrected chi connectivity index (χ3v) is 11.5. The zero-order valence-corrected chi connectivity index (χ0v) is 20.1. The summed E-state index contributed by atoms with van der Waals surface area (Å²) in [5.74, 6) is 0.607. The molecular formula is C27H40O5. The van der Waals surface area contributed by atoms with E-state index in [-0.39, 0.29) is 58.8 Å². The van der Waals surface area contributed by atoms with Crippen LogP contribution in [-0.2, 0) is 19.1 Å². The van der Waals surface area contributed by atoms with Crippen LogP contribution < -0.4 is 0 Å². The monoisotopic (exact) mass is 444 g/mol. The summed E-state index contributed by atoms with van der Waals surface area (Å²) in [7, 11) is 0. The van der Waals surface area contributed by atoms with Gasteiger partial charge < -0.3 is 14.6 Å². The molecule has 178 valence electrons. The van der Waals surface area contributed by atoms with E-state index in [0.29, 0.717) is 18.4 Å². The van der Waals surface area contributed by atoms with Crippen molar-refractivity contribution in [2.24, 2.45) is 52.3 Å². The van der Waals surface area contributed by atoms with Crippen LogP contribution in [0.2, 0.25) is 0 Å². The summed E-state index contributed by atoms with van der Waals surface area (Å²) in [6.45, 7) is 9.48. The molecule has 2 aliphatic heterocycles. The predicted octanol–water partition coefficient (Wildman–Crippen LogP) is 4.15. The smallest absolute Gasteiger partial charge is 0.205 e. The molecule has 0 bridgehead atoms. The summed E-state index contributed by atoms with van der Waals surface area (Å²) in [5.41, 5.74) is -0.778. The third kappa shape index (κ3) is 2.57. The molecule has 1 N–H and O–H groups in total. The lowest BCUT2D eigenvalue weighted by Crippen LogP contribution is -2.62. The quantitative estimate of drug-likeness (QED) is 0.568. The molecule has 6 aliphatic rings. The van der Waals surface area contributed by atoms with E-state index in [4.69, 9.17) is 9.47 Å². The average molecular weight is 445 g/mol. The van der Waals surface area contributed by atoms with E-state index in [9.17, 15) is 14.7 Å². The summed E-state index contributed by atoms with van der Waals surface area (Å²) in [6.07, 6.45) is 7.10. The molecule has 0 aromatic carbocycles. The molecule has 4 aliphatic carbocycles. The Kier molecular flexibility index (Phi) is 4.68. The Hall–Kier alpha value is -0.780.